The zero-order valence-electron chi connectivity index (χ0n) is 22.7. The fourth-order valence-electron chi connectivity index (χ4n) is 5.65. The van der Waals surface area contributed by atoms with Crippen LogP contribution in [0.3, 0.4) is 0 Å². The van der Waals surface area contributed by atoms with Gasteiger partial charge in [0.2, 0.25) is 0 Å². The van der Waals surface area contributed by atoms with Crippen LogP contribution >= 0.6 is 0 Å². The molecule has 0 spiro atoms. The van der Waals surface area contributed by atoms with Crippen molar-refractivity contribution in [3.8, 4) is 0 Å². The van der Waals surface area contributed by atoms with E-state index >= 15 is 0 Å². The first-order valence-corrected chi connectivity index (χ1v) is 13.7. The number of amides is 2. The Labute approximate surface area is 231 Å². The molecule has 0 radical (unpaired) electrons. The summed E-state index contributed by atoms with van der Waals surface area (Å²) in [5.41, 5.74) is 1.72. The number of halogens is 1. The van der Waals surface area contributed by atoms with Crippen LogP contribution in [0.2, 0.25) is 0 Å². The number of rotatable bonds is 7. The number of aromatic nitrogens is 3. The monoisotopic (exact) mass is 551 g/mol. The summed E-state index contributed by atoms with van der Waals surface area (Å²) in [7, 11) is 0. The van der Waals surface area contributed by atoms with Gasteiger partial charge < -0.3 is 25.0 Å². The van der Waals surface area contributed by atoms with Gasteiger partial charge in [-0.15, -0.1) is 0 Å². The minimum absolute atomic E-state index is 0.196. The summed E-state index contributed by atoms with van der Waals surface area (Å²) in [6.45, 7) is 7.42. The van der Waals surface area contributed by atoms with E-state index in [-0.39, 0.29) is 24.9 Å². The number of nitrogens with zero attached hydrogens (tertiary/aromatic N) is 6. The van der Waals surface area contributed by atoms with Gasteiger partial charge in [-0.2, -0.15) is 5.10 Å². The van der Waals surface area contributed by atoms with Crippen LogP contribution in [-0.4, -0.2) is 105 Å². The first kappa shape index (κ1) is 26.6. The molecule has 6 rings (SSSR count). The van der Waals surface area contributed by atoms with Crippen molar-refractivity contribution >= 4 is 28.8 Å². The molecular formula is C28H34FN7O4. The van der Waals surface area contributed by atoms with Gasteiger partial charge in [-0.25, -0.2) is 13.9 Å². The SMILES string of the molecule is CC(C)(O)[C@H](F)CN1Cc2cc(NC(=O)c3cnn4cccnc34)c(N3CCN([C@H]4CCOC4)CC3)cc2C1=O. The number of carbonyl (C=O) groups excluding carboxylic acids is 2. The highest BCUT2D eigenvalue weighted by Crippen LogP contribution is 2.36. The van der Waals surface area contributed by atoms with E-state index in [0.717, 1.165) is 51.5 Å². The fourth-order valence-corrected chi connectivity index (χ4v) is 5.65. The van der Waals surface area contributed by atoms with Crippen LogP contribution in [0.5, 0.6) is 0 Å². The normalized spacial score (nSPS) is 20.8. The Bertz CT molecular complexity index is 1420. The van der Waals surface area contributed by atoms with E-state index in [2.05, 4.69) is 25.2 Å². The summed E-state index contributed by atoms with van der Waals surface area (Å²) >= 11 is 0. The van der Waals surface area contributed by atoms with E-state index in [1.165, 1.54) is 29.5 Å². The minimum Gasteiger partial charge on any atom is -0.387 e. The third-order valence-electron chi connectivity index (χ3n) is 8.10. The Balaban J connectivity index is 1.29. The molecule has 0 unspecified atom stereocenters. The quantitative estimate of drug-likeness (QED) is 0.458. The van der Waals surface area contributed by atoms with Crippen LogP contribution in [-0.2, 0) is 11.3 Å². The third kappa shape index (κ3) is 5.02. The Morgan fingerprint density at radius 2 is 2.08 bits per heavy atom. The van der Waals surface area contributed by atoms with Crippen LogP contribution < -0.4 is 10.2 Å². The topological polar surface area (TPSA) is 116 Å². The van der Waals surface area contributed by atoms with E-state index in [1.807, 2.05) is 12.1 Å². The predicted molar refractivity (Wildman–Crippen MR) is 146 cm³/mol. The molecule has 3 aromatic rings. The zero-order chi connectivity index (χ0) is 28.0. The van der Waals surface area contributed by atoms with Gasteiger partial charge in [0, 0.05) is 63.3 Å². The predicted octanol–water partition coefficient (Wildman–Crippen LogP) is 1.96. The summed E-state index contributed by atoms with van der Waals surface area (Å²) < 4.78 is 21.8. The zero-order valence-corrected chi connectivity index (χ0v) is 22.7. The van der Waals surface area contributed by atoms with E-state index in [4.69, 9.17) is 4.74 Å². The molecule has 0 saturated carbocycles. The van der Waals surface area contributed by atoms with Crippen molar-refractivity contribution in [3.05, 3.63) is 53.5 Å². The van der Waals surface area contributed by atoms with Gasteiger partial charge in [-0.05, 0) is 44.0 Å². The van der Waals surface area contributed by atoms with Gasteiger partial charge >= 0.3 is 0 Å². The van der Waals surface area contributed by atoms with Crippen molar-refractivity contribution in [2.24, 2.45) is 0 Å². The summed E-state index contributed by atoms with van der Waals surface area (Å²) in [5, 5.41) is 17.3. The average molecular weight is 552 g/mol. The Morgan fingerprint density at radius 3 is 2.80 bits per heavy atom. The number of aliphatic hydroxyl groups is 1. The number of fused-ring (bicyclic) bond motifs is 2. The van der Waals surface area contributed by atoms with Crippen LogP contribution in [0, 0.1) is 0 Å². The molecule has 0 bridgehead atoms. The van der Waals surface area contributed by atoms with Gasteiger partial charge in [-0.3, -0.25) is 14.5 Å². The lowest BCUT2D eigenvalue weighted by Gasteiger charge is -2.39. The highest BCUT2D eigenvalue weighted by Gasteiger charge is 2.36. The third-order valence-corrected chi connectivity index (χ3v) is 8.10. The second kappa shape index (κ2) is 10.4. The second-order valence-corrected chi connectivity index (χ2v) is 11.3. The number of piperazine rings is 1. The average Bonchev–Trinajstić information content (AvgIpc) is 3.68. The number of carbonyl (C=O) groups is 2. The lowest BCUT2D eigenvalue weighted by atomic mass is 10.0. The lowest BCUT2D eigenvalue weighted by Crippen LogP contribution is -2.50. The number of hydrogen-bond acceptors (Lipinski definition) is 8. The molecule has 2 aromatic heterocycles. The first-order valence-electron chi connectivity index (χ1n) is 13.7. The van der Waals surface area contributed by atoms with Gasteiger partial charge in [-0.1, -0.05) is 0 Å². The fraction of sp³-hybridized carbons (Fsp3) is 0.500. The molecule has 2 amide bonds. The van der Waals surface area contributed by atoms with Gasteiger partial charge in [0.05, 0.1) is 36.3 Å². The Hall–Kier alpha value is -3.61. The molecule has 2 atom stereocenters. The molecule has 1 aromatic carbocycles. The molecule has 0 aliphatic carbocycles. The molecule has 2 fully saturated rings. The van der Waals surface area contributed by atoms with Crippen molar-refractivity contribution in [2.45, 2.75) is 44.6 Å². The second-order valence-electron chi connectivity index (χ2n) is 11.3. The molecule has 3 aliphatic heterocycles. The van der Waals surface area contributed by atoms with E-state index in [1.54, 1.807) is 18.5 Å². The van der Waals surface area contributed by atoms with Gasteiger partial charge in [0.25, 0.3) is 11.8 Å². The minimum atomic E-state index is -1.60. The summed E-state index contributed by atoms with van der Waals surface area (Å²) in [6.07, 6.45) is 4.24. The molecule has 5 heterocycles. The molecule has 11 nitrogen and oxygen atoms in total. The van der Waals surface area contributed by atoms with Crippen LogP contribution in [0.1, 0.15) is 46.5 Å². The van der Waals surface area contributed by atoms with Crippen molar-refractivity contribution in [3.63, 3.8) is 0 Å². The number of benzene rings is 1. The number of anilines is 2. The van der Waals surface area contributed by atoms with Gasteiger partial charge in [0.1, 0.15) is 11.7 Å². The Morgan fingerprint density at radius 1 is 1.27 bits per heavy atom. The van der Waals surface area contributed by atoms with E-state index < -0.39 is 11.8 Å². The molecule has 2 N–H and O–H groups in total. The molecule has 212 valence electrons. The molecule has 40 heavy (non-hydrogen) atoms. The van der Waals surface area contributed by atoms with Gasteiger partial charge in [0.15, 0.2) is 5.65 Å². The smallest absolute Gasteiger partial charge is 0.261 e. The molecular weight excluding hydrogens is 517 g/mol. The first-order chi connectivity index (χ1) is 19.2. The molecule has 3 aliphatic rings. The summed E-state index contributed by atoms with van der Waals surface area (Å²) in [4.78, 5) is 37.1. The maximum Gasteiger partial charge on any atom is 0.261 e. The van der Waals surface area contributed by atoms with Crippen molar-refractivity contribution in [2.75, 3.05) is 56.2 Å². The largest absolute Gasteiger partial charge is 0.387 e. The summed E-state index contributed by atoms with van der Waals surface area (Å²) in [5.74, 6) is -0.640. The number of hydrogen-bond donors (Lipinski definition) is 2. The van der Waals surface area contributed by atoms with Crippen LogP contribution in [0.4, 0.5) is 15.8 Å². The number of nitrogens with one attached hydrogen (secondary N) is 1. The van der Waals surface area contributed by atoms with E-state index in [9.17, 15) is 19.1 Å². The van der Waals surface area contributed by atoms with Crippen molar-refractivity contribution in [1.82, 2.24) is 24.4 Å². The highest BCUT2D eigenvalue weighted by atomic mass is 19.1. The Kier molecular flexibility index (Phi) is 6.93. The highest BCUT2D eigenvalue weighted by molar-refractivity contribution is 6.10. The van der Waals surface area contributed by atoms with Crippen molar-refractivity contribution in [1.29, 1.82) is 0 Å². The molecule has 2 saturated heterocycles. The lowest BCUT2D eigenvalue weighted by molar-refractivity contribution is -0.0159. The van der Waals surface area contributed by atoms with Crippen LogP contribution in [0.15, 0.2) is 36.8 Å². The standard InChI is InChI=1S/C28H34FN7O4/c1-28(2,39)24(29)16-35-15-18-12-22(32-26(37)21-14-31-36-6-3-5-30-25(21)36)23(13-20(18)27(35)38)34-9-7-33(8-10-34)19-4-11-40-17-19/h3,5-6,12-14,19,24,39H,4,7-11,15-17H2,1-2H3,(H,32,37)/t19-,24+/m0/s1. The van der Waals surface area contributed by atoms with Crippen molar-refractivity contribution < 1.29 is 23.8 Å². The van der Waals surface area contributed by atoms with Crippen LogP contribution in [0.25, 0.3) is 5.65 Å². The summed E-state index contributed by atoms with van der Waals surface area (Å²) in [6, 6.07) is 5.78. The molecule has 12 heteroatoms. The number of alkyl halides is 1. The number of ether oxygens (including phenoxy) is 1. The maximum absolute atomic E-state index is 14.7. The van der Waals surface area contributed by atoms with E-state index in [0.29, 0.717) is 34.1 Å². The maximum atomic E-state index is 14.7.